The Labute approximate surface area is 176 Å². The van der Waals surface area contributed by atoms with E-state index in [1.54, 1.807) is 6.26 Å². The van der Waals surface area contributed by atoms with Crippen LogP contribution in [-0.2, 0) is 6.54 Å². The van der Waals surface area contributed by atoms with Gasteiger partial charge in [0.15, 0.2) is 5.96 Å². The predicted molar refractivity (Wildman–Crippen MR) is 117 cm³/mol. The van der Waals surface area contributed by atoms with Crippen molar-refractivity contribution in [3.8, 4) is 0 Å². The third kappa shape index (κ3) is 5.26. The van der Waals surface area contributed by atoms with Crippen molar-refractivity contribution < 1.29 is 4.52 Å². The van der Waals surface area contributed by atoms with Crippen LogP contribution in [0, 0.1) is 6.92 Å². The van der Waals surface area contributed by atoms with E-state index < -0.39 is 0 Å². The molecule has 1 aliphatic rings. The summed E-state index contributed by atoms with van der Waals surface area (Å²) in [5, 5.41) is 8.06. The molecule has 0 unspecified atom stereocenters. The molecular weight excluding hydrogens is 465 g/mol. The number of hydrogen-bond acceptors (Lipinski definition) is 4. The third-order valence-electron chi connectivity index (χ3n) is 4.31. The average molecular weight is 490 g/mol. The summed E-state index contributed by atoms with van der Waals surface area (Å²) >= 11 is 6.17. The van der Waals surface area contributed by atoms with Crippen LogP contribution < -0.4 is 10.2 Å². The fourth-order valence-electron chi connectivity index (χ4n) is 2.98. The van der Waals surface area contributed by atoms with E-state index in [1.165, 1.54) is 11.3 Å². The maximum atomic E-state index is 6.17. The number of halogens is 2. The molecule has 1 aliphatic heterocycles. The molecule has 0 radical (unpaired) electrons. The van der Waals surface area contributed by atoms with E-state index in [2.05, 4.69) is 51.2 Å². The Kier molecular flexibility index (Phi) is 8.02. The smallest absolute Gasteiger partial charge is 0.194 e. The van der Waals surface area contributed by atoms with Gasteiger partial charge in [-0.15, -0.1) is 24.0 Å². The molecule has 1 aromatic heterocycles. The van der Waals surface area contributed by atoms with Gasteiger partial charge in [-0.3, -0.25) is 0 Å². The number of hydrogen-bond donors (Lipinski definition) is 1. The van der Waals surface area contributed by atoms with Gasteiger partial charge < -0.3 is 19.6 Å². The molecule has 0 amide bonds. The summed E-state index contributed by atoms with van der Waals surface area (Å²) in [5.41, 5.74) is 3.31. The first-order valence-electron chi connectivity index (χ1n) is 8.61. The molecule has 0 atom stereocenters. The minimum Gasteiger partial charge on any atom is -0.368 e. The standard InChI is InChI=1S/C18H24ClN5O.HI/c1-3-20-18(21-13-16-6-11-25-22-16)24-9-7-23(8-10-24)17-12-15(19)5-4-14(17)2;/h4-6,11-12H,3,7-10,13H2,1-2H3,(H,20,21);1H. The van der Waals surface area contributed by atoms with E-state index in [9.17, 15) is 0 Å². The van der Waals surface area contributed by atoms with Crippen LogP contribution >= 0.6 is 35.6 Å². The van der Waals surface area contributed by atoms with E-state index in [-0.39, 0.29) is 24.0 Å². The molecule has 1 fully saturated rings. The van der Waals surface area contributed by atoms with Gasteiger partial charge in [-0.2, -0.15) is 0 Å². The van der Waals surface area contributed by atoms with Crippen LogP contribution in [0.2, 0.25) is 5.02 Å². The van der Waals surface area contributed by atoms with Gasteiger partial charge in [0.1, 0.15) is 12.0 Å². The number of nitrogens with zero attached hydrogens (tertiary/aromatic N) is 4. The number of nitrogens with one attached hydrogen (secondary N) is 1. The Balaban J connectivity index is 0.00000243. The highest BCUT2D eigenvalue weighted by Gasteiger charge is 2.21. The van der Waals surface area contributed by atoms with Crippen LogP contribution in [0.3, 0.4) is 0 Å². The molecule has 2 aromatic rings. The Bertz CT molecular complexity index is 714. The molecule has 6 nitrogen and oxygen atoms in total. The number of rotatable bonds is 4. The van der Waals surface area contributed by atoms with E-state index in [4.69, 9.17) is 16.1 Å². The Morgan fingerprint density at radius 1 is 1.27 bits per heavy atom. The molecular formula is C18H25ClIN5O. The second kappa shape index (κ2) is 10.0. The van der Waals surface area contributed by atoms with Gasteiger partial charge in [-0.25, -0.2) is 4.99 Å². The zero-order valence-electron chi connectivity index (χ0n) is 15.1. The van der Waals surface area contributed by atoms with E-state index >= 15 is 0 Å². The number of aromatic nitrogens is 1. The van der Waals surface area contributed by atoms with Crippen molar-refractivity contribution in [1.82, 2.24) is 15.4 Å². The lowest BCUT2D eigenvalue weighted by atomic mass is 10.1. The molecule has 2 heterocycles. The van der Waals surface area contributed by atoms with Crippen LogP contribution in [0.1, 0.15) is 18.2 Å². The van der Waals surface area contributed by atoms with Crippen LogP contribution in [-0.4, -0.2) is 48.7 Å². The molecule has 8 heteroatoms. The molecule has 0 aliphatic carbocycles. The quantitative estimate of drug-likeness (QED) is 0.404. The van der Waals surface area contributed by atoms with Gasteiger partial charge in [0.2, 0.25) is 0 Å². The Morgan fingerprint density at radius 3 is 2.69 bits per heavy atom. The van der Waals surface area contributed by atoms with Crippen molar-refractivity contribution in [3.63, 3.8) is 0 Å². The second-order valence-electron chi connectivity index (χ2n) is 6.07. The fraction of sp³-hybridized carbons (Fsp3) is 0.444. The maximum Gasteiger partial charge on any atom is 0.194 e. The van der Waals surface area contributed by atoms with Gasteiger partial charge in [-0.1, -0.05) is 22.8 Å². The summed E-state index contributed by atoms with van der Waals surface area (Å²) in [7, 11) is 0. The van der Waals surface area contributed by atoms with Crippen molar-refractivity contribution in [2.24, 2.45) is 4.99 Å². The summed E-state index contributed by atoms with van der Waals surface area (Å²) in [5.74, 6) is 0.924. The van der Waals surface area contributed by atoms with E-state index in [0.29, 0.717) is 6.54 Å². The number of piperazine rings is 1. The predicted octanol–water partition coefficient (Wildman–Crippen LogP) is 3.54. The molecule has 3 rings (SSSR count). The zero-order valence-corrected chi connectivity index (χ0v) is 18.2. The normalized spacial score (nSPS) is 15.0. The maximum absolute atomic E-state index is 6.17. The van der Waals surface area contributed by atoms with Gasteiger partial charge in [0, 0.05) is 49.5 Å². The van der Waals surface area contributed by atoms with Crippen LogP contribution in [0.25, 0.3) is 0 Å². The monoisotopic (exact) mass is 489 g/mol. The highest BCUT2D eigenvalue weighted by molar-refractivity contribution is 14.0. The molecule has 26 heavy (non-hydrogen) atoms. The molecule has 1 N–H and O–H groups in total. The molecule has 0 spiro atoms. The van der Waals surface area contributed by atoms with E-state index in [1.807, 2.05) is 12.1 Å². The van der Waals surface area contributed by atoms with Gasteiger partial charge in [0.25, 0.3) is 0 Å². The zero-order chi connectivity index (χ0) is 17.6. The topological polar surface area (TPSA) is 56.9 Å². The highest BCUT2D eigenvalue weighted by atomic mass is 127. The summed E-state index contributed by atoms with van der Waals surface area (Å²) < 4.78 is 4.87. The first-order chi connectivity index (χ1) is 12.2. The van der Waals surface area contributed by atoms with Gasteiger partial charge in [-0.05, 0) is 31.5 Å². The molecule has 1 aromatic carbocycles. The van der Waals surface area contributed by atoms with Crippen LogP contribution in [0.4, 0.5) is 5.69 Å². The number of benzene rings is 1. The van der Waals surface area contributed by atoms with Crippen molar-refractivity contribution >= 4 is 47.2 Å². The van der Waals surface area contributed by atoms with Crippen LogP contribution in [0.15, 0.2) is 40.0 Å². The second-order valence-corrected chi connectivity index (χ2v) is 6.50. The number of anilines is 1. The van der Waals surface area contributed by atoms with Gasteiger partial charge in [0.05, 0.1) is 6.54 Å². The largest absolute Gasteiger partial charge is 0.368 e. The molecule has 0 bridgehead atoms. The lowest BCUT2D eigenvalue weighted by Gasteiger charge is -2.38. The summed E-state index contributed by atoms with van der Waals surface area (Å²) in [6.07, 6.45) is 1.57. The highest BCUT2D eigenvalue weighted by Crippen LogP contribution is 2.25. The van der Waals surface area contributed by atoms with Crippen molar-refractivity contribution in [2.45, 2.75) is 20.4 Å². The summed E-state index contributed by atoms with van der Waals surface area (Å²) in [6, 6.07) is 7.91. The van der Waals surface area contributed by atoms with Crippen molar-refractivity contribution in [2.75, 3.05) is 37.6 Å². The molecule has 1 saturated heterocycles. The first kappa shape index (κ1) is 20.8. The molecule has 0 saturated carbocycles. The summed E-state index contributed by atoms with van der Waals surface area (Å²) in [6.45, 7) is 9.27. The number of aryl methyl sites for hydroxylation is 1. The lowest BCUT2D eigenvalue weighted by molar-refractivity contribution is 0.371. The summed E-state index contributed by atoms with van der Waals surface area (Å²) in [4.78, 5) is 9.36. The minimum absolute atomic E-state index is 0. The van der Waals surface area contributed by atoms with Gasteiger partial charge >= 0.3 is 0 Å². The van der Waals surface area contributed by atoms with Crippen molar-refractivity contribution in [1.29, 1.82) is 0 Å². The lowest BCUT2D eigenvalue weighted by Crippen LogP contribution is -2.52. The van der Waals surface area contributed by atoms with Crippen molar-refractivity contribution in [3.05, 3.63) is 46.8 Å². The van der Waals surface area contributed by atoms with Crippen LogP contribution in [0.5, 0.6) is 0 Å². The fourth-order valence-corrected chi connectivity index (χ4v) is 3.15. The number of aliphatic imine (C=N–C) groups is 1. The van der Waals surface area contributed by atoms with E-state index in [0.717, 1.165) is 49.4 Å². The first-order valence-corrected chi connectivity index (χ1v) is 8.99. The Morgan fingerprint density at radius 2 is 2.04 bits per heavy atom. The third-order valence-corrected chi connectivity index (χ3v) is 4.54. The Hall–Kier alpha value is -1.48. The SMILES string of the molecule is CCNC(=NCc1ccon1)N1CCN(c2cc(Cl)ccc2C)CC1.I. The molecule has 142 valence electrons. The average Bonchev–Trinajstić information content (AvgIpc) is 3.14. The minimum atomic E-state index is 0. The number of guanidine groups is 1.